The van der Waals surface area contributed by atoms with Crippen LogP contribution in [0.3, 0.4) is 0 Å². The SMILES string of the molecule is COc1ccc(C2=NN(c3ccc(/C=C/C(=O)c4ccccc4)cc3)C(c3ccccc3)C2)cc1. The van der Waals surface area contributed by atoms with E-state index in [0.717, 1.165) is 34.7 Å². The molecular formula is C31H26N2O2. The maximum Gasteiger partial charge on any atom is 0.185 e. The van der Waals surface area contributed by atoms with Crippen molar-refractivity contribution in [3.05, 3.63) is 138 Å². The molecule has 0 fully saturated rings. The molecule has 0 N–H and O–H groups in total. The summed E-state index contributed by atoms with van der Waals surface area (Å²) in [6.45, 7) is 0. The van der Waals surface area contributed by atoms with Gasteiger partial charge in [0.15, 0.2) is 5.78 Å². The molecule has 172 valence electrons. The minimum absolute atomic E-state index is 0.00732. The van der Waals surface area contributed by atoms with Crippen molar-refractivity contribution in [3.63, 3.8) is 0 Å². The molecule has 0 radical (unpaired) electrons. The van der Waals surface area contributed by atoms with E-state index in [0.29, 0.717) is 5.56 Å². The second-order valence-electron chi connectivity index (χ2n) is 8.41. The Bertz CT molecular complexity index is 1340. The zero-order chi connectivity index (χ0) is 24.0. The summed E-state index contributed by atoms with van der Waals surface area (Å²) < 4.78 is 5.31. The largest absolute Gasteiger partial charge is 0.497 e. The van der Waals surface area contributed by atoms with Crippen LogP contribution in [0.4, 0.5) is 5.69 Å². The highest BCUT2D eigenvalue weighted by Gasteiger charge is 2.29. The van der Waals surface area contributed by atoms with Crippen molar-refractivity contribution >= 4 is 23.3 Å². The molecule has 4 heteroatoms. The first-order valence-electron chi connectivity index (χ1n) is 11.6. The summed E-state index contributed by atoms with van der Waals surface area (Å²) in [6.07, 6.45) is 4.28. The number of hydrogen-bond acceptors (Lipinski definition) is 4. The minimum atomic E-state index is -0.00732. The Morgan fingerprint density at radius 1 is 0.857 bits per heavy atom. The molecule has 0 aromatic heterocycles. The van der Waals surface area contributed by atoms with E-state index in [1.54, 1.807) is 13.2 Å². The topological polar surface area (TPSA) is 41.9 Å². The number of ether oxygens (including phenoxy) is 1. The van der Waals surface area contributed by atoms with Gasteiger partial charge in [-0.2, -0.15) is 5.10 Å². The van der Waals surface area contributed by atoms with Gasteiger partial charge >= 0.3 is 0 Å². The molecule has 0 spiro atoms. The zero-order valence-corrected chi connectivity index (χ0v) is 19.5. The first-order valence-corrected chi connectivity index (χ1v) is 11.6. The van der Waals surface area contributed by atoms with Crippen molar-refractivity contribution in [1.82, 2.24) is 0 Å². The average molecular weight is 459 g/mol. The number of hydrogen-bond donors (Lipinski definition) is 0. The van der Waals surface area contributed by atoms with Gasteiger partial charge in [-0.1, -0.05) is 78.9 Å². The molecule has 1 unspecified atom stereocenters. The van der Waals surface area contributed by atoms with Crippen LogP contribution in [0, 0.1) is 0 Å². The van der Waals surface area contributed by atoms with Crippen LogP contribution < -0.4 is 9.75 Å². The van der Waals surface area contributed by atoms with Crippen LogP contribution in [0.1, 0.15) is 39.5 Å². The lowest BCUT2D eigenvalue weighted by molar-refractivity contribution is 0.104. The number of hydrazone groups is 1. The molecule has 0 amide bonds. The van der Waals surface area contributed by atoms with Crippen molar-refractivity contribution in [2.24, 2.45) is 5.10 Å². The van der Waals surface area contributed by atoms with Gasteiger partial charge < -0.3 is 4.74 Å². The molecule has 1 aliphatic heterocycles. The molecule has 1 atom stereocenters. The third-order valence-corrected chi connectivity index (χ3v) is 6.16. The third kappa shape index (κ3) is 5.07. The smallest absolute Gasteiger partial charge is 0.185 e. The Morgan fingerprint density at radius 3 is 2.17 bits per heavy atom. The number of methoxy groups -OCH3 is 1. The maximum atomic E-state index is 12.4. The van der Waals surface area contributed by atoms with Gasteiger partial charge in [-0.3, -0.25) is 9.80 Å². The van der Waals surface area contributed by atoms with Crippen molar-refractivity contribution in [1.29, 1.82) is 0 Å². The summed E-state index contributed by atoms with van der Waals surface area (Å²) in [5, 5.41) is 7.12. The summed E-state index contributed by atoms with van der Waals surface area (Å²) in [5.74, 6) is 0.824. The van der Waals surface area contributed by atoms with Crippen LogP contribution in [0.25, 0.3) is 6.08 Å². The van der Waals surface area contributed by atoms with E-state index in [1.807, 2.05) is 66.7 Å². The number of carbonyl (C=O) groups is 1. The van der Waals surface area contributed by atoms with Crippen LogP contribution in [0.15, 0.2) is 120 Å². The number of benzene rings is 4. The molecule has 35 heavy (non-hydrogen) atoms. The van der Waals surface area contributed by atoms with Crippen molar-refractivity contribution in [2.45, 2.75) is 12.5 Å². The zero-order valence-electron chi connectivity index (χ0n) is 19.5. The summed E-state index contributed by atoms with van der Waals surface area (Å²) >= 11 is 0. The fourth-order valence-electron chi connectivity index (χ4n) is 4.25. The van der Waals surface area contributed by atoms with Gasteiger partial charge in [0.1, 0.15) is 5.75 Å². The Morgan fingerprint density at radius 2 is 1.51 bits per heavy atom. The number of rotatable bonds is 7. The number of allylic oxidation sites excluding steroid dienone is 1. The van der Waals surface area contributed by atoms with Crippen LogP contribution in [-0.2, 0) is 0 Å². The summed E-state index contributed by atoms with van der Waals surface area (Å²) in [4.78, 5) is 12.4. The molecule has 0 aliphatic carbocycles. The highest BCUT2D eigenvalue weighted by molar-refractivity contribution is 6.06. The van der Waals surface area contributed by atoms with Gasteiger partial charge in [0.05, 0.1) is 24.6 Å². The molecule has 0 saturated heterocycles. The van der Waals surface area contributed by atoms with Crippen LogP contribution in [0.5, 0.6) is 5.75 Å². The highest BCUT2D eigenvalue weighted by Crippen LogP contribution is 2.37. The Labute approximate surface area is 205 Å². The lowest BCUT2D eigenvalue weighted by Gasteiger charge is -2.24. The molecule has 1 aliphatic rings. The summed E-state index contributed by atoms with van der Waals surface area (Å²) in [6, 6.07) is 36.1. The van der Waals surface area contributed by atoms with Gasteiger partial charge in [0, 0.05) is 12.0 Å². The summed E-state index contributed by atoms with van der Waals surface area (Å²) in [7, 11) is 1.67. The number of anilines is 1. The Hall–Kier alpha value is -4.44. The number of ketones is 1. The van der Waals surface area contributed by atoms with E-state index >= 15 is 0 Å². The predicted octanol–water partition coefficient (Wildman–Crippen LogP) is 6.95. The average Bonchev–Trinajstić information content (AvgIpc) is 3.38. The fraction of sp³-hybridized carbons (Fsp3) is 0.0968. The van der Waals surface area contributed by atoms with Crippen molar-refractivity contribution in [2.75, 3.05) is 12.1 Å². The second-order valence-corrected chi connectivity index (χ2v) is 8.41. The van der Waals surface area contributed by atoms with Gasteiger partial charge in [-0.25, -0.2) is 0 Å². The number of carbonyl (C=O) groups excluding carboxylic acids is 1. The molecule has 0 saturated carbocycles. The molecule has 0 bridgehead atoms. The van der Waals surface area contributed by atoms with Gasteiger partial charge in [-0.05, 0) is 59.2 Å². The quantitative estimate of drug-likeness (QED) is 0.222. The first-order chi connectivity index (χ1) is 17.2. The molecule has 4 aromatic carbocycles. The summed E-state index contributed by atoms with van der Waals surface area (Å²) in [5.41, 5.74) is 6.01. The molecule has 5 rings (SSSR count). The van der Waals surface area contributed by atoms with E-state index in [-0.39, 0.29) is 11.8 Å². The number of nitrogens with zero attached hydrogens (tertiary/aromatic N) is 2. The van der Waals surface area contributed by atoms with Gasteiger partial charge in [0.2, 0.25) is 0 Å². The molecule has 4 nitrogen and oxygen atoms in total. The fourth-order valence-corrected chi connectivity index (χ4v) is 4.25. The van der Waals surface area contributed by atoms with Crippen LogP contribution in [-0.4, -0.2) is 18.6 Å². The maximum absolute atomic E-state index is 12.4. The second kappa shape index (κ2) is 10.2. The lowest BCUT2D eigenvalue weighted by atomic mass is 9.98. The Kier molecular flexibility index (Phi) is 6.53. The molecule has 1 heterocycles. The van der Waals surface area contributed by atoms with E-state index in [1.165, 1.54) is 5.56 Å². The van der Waals surface area contributed by atoms with Crippen molar-refractivity contribution < 1.29 is 9.53 Å². The van der Waals surface area contributed by atoms with Gasteiger partial charge in [0.25, 0.3) is 0 Å². The monoisotopic (exact) mass is 458 g/mol. The molecular weight excluding hydrogens is 432 g/mol. The lowest BCUT2D eigenvalue weighted by Crippen LogP contribution is -2.18. The predicted molar refractivity (Wildman–Crippen MR) is 142 cm³/mol. The van der Waals surface area contributed by atoms with Gasteiger partial charge in [-0.15, -0.1) is 0 Å². The minimum Gasteiger partial charge on any atom is -0.497 e. The van der Waals surface area contributed by atoms with Crippen LogP contribution >= 0.6 is 0 Å². The van der Waals surface area contributed by atoms with E-state index < -0.39 is 0 Å². The standard InChI is InChI=1S/C31H26N2O2/c1-35-28-19-15-24(16-20-28)29-22-30(25-8-4-2-5-9-25)33(32-29)27-17-12-23(13-18-27)14-21-31(34)26-10-6-3-7-11-26/h2-21,30H,22H2,1H3/b21-14+. The third-order valence-electron chi connectivity index (χ3n) is 6.16. The first kappa shape index (κ1) is 22.4. The van der Waals surface area contributed by atoms with E-state index in [4.69, 9.17) is 9.84 Å². The van der Waals surface area contributed by atoms with Crippen LogP contribution in [0.2, 0.25) is 0 Å². The molecule has 4 aromatic rings. The highest BCUT2D eigenvalue weighted by atomic mass is 16.5. The van der Waals surface area contributed by atoms with E-state index in [9.17, 15) is 4.79 Å². The Balaban J connectivity index is 1.40. The van der Waals surface area contributed by atoms with E-state index in [2.05, 4.69) is 53.5 Å². The van der Waals surface area contributed by atoms with Crippen molar-refractivity contribution in [3.8, 4) is 5.75 Å². The normalized spacial score (nSPS) is 15.3.